The summed E-state index contributed by atoms with van der Waals surface area (Å²) in [5.74, 6) is 0.639. The molecule has 0 saturated heterocycles. The third-order valence-corrected chi connectivity index (χ3v) is 4.01. The monoisotopic (exact) mass is 260 g/mol. The number of thioether (sulfide) groups is 1. The Hall–Kier alpha value is -0.460. The highest BCUT2D eigenvalue weighted by atomic mass is 32.2. The number of nitrogens with one attached hydrogen (secondary N) is 1. The second kappa shape index (κ2) is 6.32. The van der Waals surface area contributed by atoms with E-state index in [1.54, 1.807) is 11.8 Å². The van der Waals surface area contributed by atoms with Crippen LogP contribution in [0, 0.1) is 0 Å². The molecule has 0 radical (unpaired) electrons. The number of hydrogen-bond donors (Lipinski definition) is 2. The highest BCUT2D eigenvalue weighted by molar-refractivity contribution is 7.99. The molecule has 16 heavy (non-hydrogen) atoms. The fraction of sp³-hybridized carbons (Fsp3) is 0.700. The Labute approximate surface area is 106 Å². The number of rotatable bonds is 6. The highest BCUT2D eigenvalue weighted by Gasteiger charge is 2.12. The van der Waals surface area contributed by atoms with Crippen LogP contribution in [-0.4, -0.2) is 42.2 Å². The summed E-state index contributed by atoms with van der Waals surface area (Å²) in [5, 5.41) is 4.56. The fourth-order valence-corrected chi connectivity index (χ4v) is 2.97. The minimum absolute atomic E-state index is 0.438. The summed E-state index contributed by atoms with van der Waals surface area (Å²) in [6, 6.07) is 0.438. The predicted molar refractivity (Wildman–Crippen MR) is 74.6 cm³/mol. The van der Waals surface area contributed by atoms with Crippen LogP contribution >= 0.6 is 23.3 Å². The molecule has 3 N–H and O–H groups in total. The van der Waals surface area contributed by atoms with Gasteiger partial charge >= 0.3 is 0 Å². The molecule has 1 unspecified atom stereocenters. The van der Waals surface area contributed by atoms with E-state index in [1.807, 2.05) is 6.26 Å². The van der Waals surface area contributed by atoms with Crippen LogP contribution < -0.4 is 11.1 Å². The maximum atomic E-state index is 5.78. The van der Waals surface area contributed by atoms with Crippen molar-refractivity contribution in [3.63, 3.8) is 0 Å². The van der Waals surface area contributed by atoms with Gasteiger partial charge in [-0.2, -0.15) is 4.37 Å². The first-order valence-corrected chi connectivity index (χ1v) is 7.24. The third kappa shape index (κ3) is 3.84. The van der Waals surface area contributed by atoms with Gasteiger partial charge in [0.1, 0.15) is 5.00 Å². The van der Waals surface area contributed by atoms with Crippen molar-refractivity contribution < 1.29 is 0 Å². The van der Waals surface area contributed by atoms with E-state index in [0.29, 0.717) is 11.9 Å². The zero-order chi connectivity index (χ0) is 12.1. The first kappa shape index (κ1) is 13.6. The largest absolute Gasteiger partial charge is 0.382 e. The smallest absolute Gasteiger partial charge is 0.153 e. The second-order valence-corrected chi connectivity index (χ2v) is 5.66. The Morgan fingerprint density at radius 1 is 1.56 bits per heavy atom. The van der Waals surface area contributed by atoms with Gasteiger partial charge in [-0.3, -0.25) is 0 Å². The summed E-state index contributed by atoms with van der Waals surface area (Å²) in [6.07, 6.45) is 3.13. The Morgan fingerprint density at radius 3 is 2.81 bits per heavy atom. The standard InChI is InChI=1S/C10H20N4S2/c1-7(5-6-14(2)3)12-10-8(15-4)9(11)13-16-10/h7,12H,5-6H2,1-4H3,(H2,11,13). The van der Waals surface area contributed by atoms with Gasteiger partial charge in [0.2, 0.25) is 0 Å². The number of nitrogens with two attached hydrogens (primary N) is 1. The van der Waals surface area contributed by atoms with Crippen molar-refractivity contribution in [2.24, 2.45) is 0 Å². The minimum Gasteiger partial charge on any atom is -0.382 e. The maximum Gasteiger partial charge on any atom is 0.153 e. The van der Waals surface area contributed by atoms with Crippen molar-refractivity contribution in [1.82, 2.24) is 9.27 Å². The van der Waals surface area contributed by atoms with E-state index in [1.165, 1.54) is 11.5 Å². The Bertz CT molecular complexity index is 325. The minimum atomic E-state index is 0.438. The molecule has 0 aromatic carbocycles. The van der Waals surface area contributed by atoms with Gasteiger partial charge < -0.3 is 16.0 Å². The summed E-state index contributed by atoms with van der Waals surface area (Å²) < 4.78 is 4.16. The normalized spacial score (nSPS) is 13.1. The second-order valence-electron chi connectivity index (χ2n) is 4.07. The summed E-state index contributed by atoms with van der Waals surface area (Å²) in [7, 11) is 4.18. The van der Waals surface area contributed by atoms with Gasteiger partial charge in [0.15, 0.2) is 5.82 Å². The van der Waals surface area contributed by atoms with Crippen LogP contribution in [0.2, 0.25) is 0 Å². The summed E-state index contributed by atoms with van der Waals surface area (Å²) in [5.41, 5.74) is 5.78. The molecule has 0 amide bonds. The molecule has 1 atom stereocenters. The van der Waals surface area contributed by atoms with Crippen molar-refractivity contribution in [3.8, 4) is 0 Å². The van der Waals surface area contributed by atoms with Crippen molar-refractivity contribution in [3.05, 3.63) is 0 Å². The lowest BCUT2D eigenvalue weighted by Crippen LogP contribution is -2.22. The summed E-state index contributed by atoms with van der Waals surface area (Å²) in [4.78, 5) is 3.26. The first-order valence-electron chi connectivity index (χ1n) is 5.25. The third-order valence-electron chi connectivity index (χ3n) is 2.27. The van der Waals surface area contributed by atoms with Gasteiger partial charge in [0.25, 0.3) is 0 Å². The number of hydrogen-bond acceptors (Lipinski definition) is 6. The van der Waals surface area contributed by atoms with E-state index in [9.17, 15) is 0 Å². The lowest BCUT2D eigenvalue weighted by molar-refractivity contribution is 0.390. The van der Waals surface area contributed by atoms with Crippen molar-refractivity contribution in [2.45, 2.75) is 24.3 Å². The number of anilines is 2. The molecular weight excluding hydrogens is 240 g/mol. The number of aromatic nitrogens is 1. The Kier molecular flexibility index (Phi) is 5.37. The molecule has 0 bridgehead atoms. The number of nitrogens with zero attached hydrogens (tertiary/aromatic N) is 2. The zero-order valence-corrected chi connectivity index (χ0v) is 11.9. The van der Waals surface area contributed by atoms with E-state index in [-0.39, 0.29) is 0 Å². The molecule has 0 saturated carbocycles. The van der Waals surface area contributed by atoms with Gasteiger partial charge in [-0.1, -0.05) is 0 Å². The van der Waals surface area contributed by atoms with Crippen molar-refractivity contribution in [2.75, 3.05) is 37.9 Å². The number of nitrogen functional groups attached to an aromatic ring is 1. The average Bonchev–Trinajstić information content (AvgIpc) is 2.56. The average molecular weight is 260 g/mol. The van der Waals surface area contributed by atoms with Gasteiger partial charge in [-0.05, 0) is 51.8 Å². The molecule has 6 heteroatoms. The summed E-state index contributed by atoms with van der Waals surface area (Å²) >= 11 is 3.09. The predicted octanol–water partition coefficient (Wildman–Crippen LogP) is 2.20. The molecule has 0 spiro atoms. The molecule has 1 aromatic heterocycles. The highest BCUT2D eigenvalue weighted by Crippen LogP contribution is 2.35. The van der Waals surface area contributed by atoms with E-state index >= 15 is 0 Å². The lowest BCUT2D eigenvalue weighted by atomic mass is 10.2. The van der Waals surface area contributed by atoms with Crippen LogP contribution in [0.1, 0.15) is 13.3 Å². The topological polar surface area (TPSA) is 54.2 Å². The Balaban J connectivity index is 2.52. The van der Waals surface area contributed by atoms with Crippen LogP contribution in [0.3, 0.4) is 0 Å². The van der Waals surface area contributed by atoms with Gasteiger partial charge in [0, 0.05) is 6.04 Å². The van der Waals surface area contributed by atoms with Crippen LogP contribution in [0.15, 0.2) is 4.90 Å². The SMILES string of the molecule is CSc1c(N)nsc1NC(C)CCN(C)C. The van der Waals surface area contributed by atoms with Gasteiger partial charge in [-0.25, -0.2) is 0 Å². The van der Waals surface area contributed by atoms with Gasteiger partial charge in [0.05, 0.1) is 4.90 Å². The molecular formula is C10H20N4S2. The van der Waals surface area contributed by atoms with E-state index in [4.69, 9.17) is 5.73 Å². The quantitative estimate of drug-likeness (QED) is 0.768. The van der Waals surface area contributed by atoms with E-state index < -0.39 is 0 Å². The lowest BCUT2D eigenvalue weighted by Gasteiger charge is -2.17. The van der Waals surface area contributed by atoms with Crippen LogP contribution in [0.5, 0.6) is 0 Å². The molecule has 1 rings (SSSR count). The summed E-state index contributed by atoms with van der Waals surface area (Å²) in [6.45, 7) is 3.26. The van der Waals surface area contributed by atoms with Crippen LogP contribution in [0.4, 0.5) is 10.8 Å². The van der Waals surface area contributed by atoms with Crippen LogP contribution in [-0.2, 0) is 0 Å². The van der Waals surface area contributed by atoms with Crippen molar-refractivity contribution in [1.29, 1.82) is 0 Å². The molecule has 4 nitrogen and oxygen atoms in total. The van der Waals surface area contributed by atoms with Gasteiger partial charge in [-0.15, -0.1) is 11.8 Å². The molecule has 0 aliphatic carbocycles. The molecule has 0 aliphatic rings. The first-order chi connectivity index (χ1) is 7.54. The molecule has 0 aliphatic heterocycles. The maximum absolute atomic E-state index is 5.78. The van der Waals surface area contributed by atoms with Crippen LogP contribution in [0.25, 0.3) is 0 Å². The Morgan fingerprint density at radius 2 is 2.25 bits per heavy atom. The van der Waals surface area contributed by atoms with E-state index in [0.717, 1.165) is 22.9 Å². The molecule has 0 fully saturated rings. The fourth-order valence-electron chi connectivity index (χ4n) is 1.33. The molecule has 92 valence electrons. The van der Waals surface area contributed by atoms with Crippen molar-refractivity contribution >= 4 is 34.1 Å². The zero-order valence-electron chi connectivity index (χ0n) is 10.3. The molecule has 1 heterocycles. The van der Waals surface area contributed by atoms with E-state index in [2.05, 4.69) is 35.6 Å². The molecule has 1 aromatic rings.